The van der Waals surface area contributed by atoms with Crippen molar-refractivity contribution in [3.05, 3.63) is 66.1 Å². The summed E-state index contributed by atoms with van der Waals surface area (Å²) in [5.74, 6) is -2.28. The number of phenolic OH excluding ortho intramolecular Hbond substituents is 1. The Balaban J connectivity index is 2.14. The van der Waals surface area contributed by atoms with E-state index in [1.54, 1.807) is 12.1 Å². The zero-order valence-corrected chi connectivity index (χ0v) is 15.1. The van der Waals surface area contributed by atoms with Crippen LogP contribution >= 0.6 is 0 Å². The SMILES string of the molecule is COc1c(-c2ccoc2)ccc(CS(=O)(=O)c2ccccc2O)c1C(=O)O. The van der Waals surface area contributed by atoms with E-state index >= 15 is 0 Å². The van der Waals surface area contributed by atoms with Crippen LogP contribution in [0.4, 0.5) is 0 Å². The molecule has 0 spiro atoms. The summed E-state index contributed by atoms with van der Waals surface area (Å²) in [4.78, 5) is 11.6. The molecule has 27 heavy (non-hydrogen) atoms. The number of ether oxygens (including phenoxy) is 1. The molecular formula is C19H16O7S. The molecule has 0 saturated carbocycles. The maximum Gasteiger partial charge on any atom is 0.339 e. The summed E-state index contributed by atoms with van der Waals surface area (Å²) in [5, 5.41) is 19.5. The zero-order chi connectivity index (χ0) is 19.6. The molecule has 8 heteroatoms. The molecule has 3 aromatic rings. The van der Waals surface area contributed by atoms with Crippen LogP contribution in [0.25, 0.3) is 11.1 Å². The molecule has 0 radical (unpaired) electrons. The minimum atomic E-state index is -3.98. The Labute approximate surface area is 155 Å². The number of carboxylic acids is 1. The van der Waals surface area contributed by atoms with Gasteiger partial charge in [-0.3, -0.25) is 0 Å². The van der Waals surface area contributed by atoms with Crippen molar-refractivity contribution in [3.8, 4) is 22.6 Å². The van der Waals surface area contributed by atoms with E-state index in [0.29, 0.717) is 11.1 Å². The molecule has 140 valence electrons. The Bertz CT molecular complexity index is 1080. The summed E-state index contributed by atoms with van der Waals surface area (Å²) < 4.78 is 35.7. The summed E-state index contributed by atoms with van der Waals surface area (Å²) in [7, 11) is -2.67. The molecule has 1 aromatic heterocycles. The van der Waals surface area contributed by atoms with Crippen molar-refractivity contribution in [1.29, 1.82) is 0 Å². The standard InChI is InChI=1S/C19H16O7S/c1-25-18-14(12-8-9-26-10-12)7-6-13(17(18)19(21)22)11-27(23,24)16-5-3-2-4-15(16)20/h2-10,20H,11H2,1H3,(H,21,22). The molecule has 2 aromatic carbocycles. The molecular weight excluding hydrogens is 372 g/mol. The molecule has 0 fully saturated rings. The summed E-state index contributed by atoms with van der Waals surface area (Å²) in [5.41, 5.74) is 0.863. The third kappa shape index (κ3) is 3.52. The summed E-state index contributed by atoms with van der Waals surface area (Å²) in [6.07, 6.45) is 2.87. The Hall–Kier alpha value is -3.26. The zero-order valence-electron chi connectivity index (χ0n) is 14.2. The van der Waals surface area contributed by atoms with Crippen LogP contribution in [-0.2, 0) is 15.6 Å². The van der Waals surface area contributed by atoms with Gasteiger partial charge in [0.15, 0.2) is 9.84 Å². The van der Waals surface area contributed by atoms with Gasteiger partial charge in [-0.1, -0.05) is 24.3 Å². The number of para-hydroxylation sites is 1. The van der Waals surface area contributed by atoms with Crippen molar-refractivity contribution >= 4 is 15.8 Å². The van der Waals surface area contributed by atoms with Crippen LogP contribution in [0.5, 0.6) is 11.5 Å². The van der Waals surface area contributed by atoms with Gasteiger partial charge in [-0.25, -0.2) is 13.2 Å². The first-order valence-corrected chi connectivity index (χ1v) is 9.47. The van der Waals surface area contributed by atoms with Crippen LogP contribution in [0.1, 0.15) is 15.9 Å². The topological polar surface area (TPSA) is 114 Å². The van der Waals surface area contributed by atoms with E-state index < -0.39 is 27.3 Å². The van der Waals surface area contributed by atoms with E-state index in [1.807, 2.05) is 0 Å². The highest BCUT2D eigenvalue weighted by Crippen LogP contribution is 2.37. The second kappa shape index (κ2) is 7.16. The lowest BCUT2D eigenvalue weighted by Gasteiger charge is -2.15. The number of methoxy groups -OCH3 is 1. The fraction of sp³-hybridized carbons (Fsp3) is 0.105. The number of benzene rings is 2. The smallest absolute Gasteiger partial charge is 0.339 e. The number of phenols is 1. The number of rotatable bonds is 6. The first-order chi connectivity index (χ1) is 12.8. The summed E-state index contributed by atoms with van der Waals surface area (Å²) in [6.45, 7) is 0. The average Bonchev–Trinajstić information content (AvgIpc) is 3.15. The van der Waals surface area contributed by atoms with Crippen LogP contribution < -0.4 is 4.74 Å². The second-order valence-corrected chi connectivity index (χ2v) is 7.68. The second-order valence-electron chi connectivity index (χ2n) is 5.72. The predicted octanol–water partition coefficient (Wildman–Crippen LogP) is 3.33. The molecule has 0 aliphatic rings. The minimum Gasteiger partial charge on any atom is -0.507 e. The van der Waals surface area contributed by atoms with Gasteiger partial charge in [-0.15, -0.1) is 0 Å². The molecule has 0 bridgehead atoms. The lowest BCUT2D eigenvalue weighted by molar-refractivity contribution is 0.0692. The highest BCUT2D eigenvalue weighted by Gasteiger charge is 2.26. The molecule has 1 heterocycles. The Kier molecular flexibility index (Phi) is 4.91. The van der Waals surface area contributed by atoms with E-state index in [-0.39, 0.29) is 21.8 Å². The van der Waals surface area contributed by atoms with E-state index in [0.717, 1.165) is 0 Å². The first-order valence-electron chi connectivity index (χ1n) is 7.81. The number of carbonyl (C=O) groups is 1. The fourth-order valence-electron chi connectivity index (χ4n) is 2.84. The number of aromatic carboxylic acids is 1. The van der Waals surface area contributed by atoms with Crippen molar-refractivity contribution in [1.82, 2.24) is 0 Å². The van der Waals surface area contributed by atoms with Gasteiger partial charge in [0, 0.05) is 11.1 Å². The fourth-order valence-corrected chi connectivity index (χ4v) is 4.32. The van der Waals surface area contributed by atoms with E-state index in [2.05, 4.69) is 0 Å². The van der Waals surface area contributed by atoms with Gasteiger partial charge < -0.3 is 19.4 Å². The monoisotopic (exact) mass is 388 g/mol. The normalized spacial score (nSPS) is 11.3. The number of aromatic hydroxyl groups is 1. The summed E-state index contributed by atoms with van der Waals surface area (Å²) in [6, 6.07) is 10.1. The van der Waals surface area contributed by atoms with E-state index in [9.17, 15) is 23.4 Å². The van der Waals surface area contributed by atoms with Gasteiger partial charge in [-0.05, 0) is 23.8 Å². The number of carboxylic acid groups (broad SMARTS) is 1. The van der Waals surface area contributed by atoms with Gasteiger partial charge in [0.05, 0.1) is 25.4 Å². The highest BCUT2D eigenvalue weighted by atomic mass is 32.2. The number of sulfone groups is 1. The van der Waals surface area contributed by atoms with Crippen LogP contribution in [-0.4, -0.2) is 31.7 Å². The third-order valence-electron chi connectivity index (χ3n) is 4.04. The highest BCUT2D eigenvalue weighted by molar-refractivity contribution is 7.90. The maximum atomic E-state index is 12.7. The molecule has 2 N–H and O–H groups in total. The van der Waals surface area contributed by atoms with Gasteiger partial charge >= 0.3 is 5.97 Å². The lowest BCUT2D eigenvalue weighted by Crippen LogP contribution is -2.12. The maximum absolute atomic E-state index is 12.7. The molecule has 0 aliphatic heterocycles. The van der Waals surface area contributed by atoms with Crippen molar-refractivity contribution in [2.24, 2.45) is 0 Å². The Morgan fingerprint density at radius 3 is 2.48 bits per heavy atom. The molecule has 0 amide bonds. The summed E-state index contributed by atoms with van der Waals surface area (Å²) >= 11 is 0. The molecule has 7 nitrogen and oxygen atoms in total. The van der Waals surface area contributed by atoms with Crippen molar-refractivity contribution in [2.75, 3.05) is 7.11 Å². The van der Waals surface area contributed by atoms with Crippen molar-refractivity contribution in [3.63, 3.8) is 0 Å². The molecule has 0 atom stereocenters. The third-order valence-corrected chi connectivity index (χ3v) is 5.75. The van der Waals surface area contributed by atoms with Crippen molar-refractivity contribution in [2.45, 2.75) is 10.6 Å². The average molecular weight is 388 g/mol. The minimum absolute atomic E-state index is 0.0360. The lowest BCUT2D eigenvalue weighted by atomic mass is 9.99. The van der Waals surface area contributed by atoms with E-state index in [1.165, 1.54) is 50.0 Å². The van der Waals surface area contributed by atoms with E-state index in [4.69, 9.17) is 9.15 Å². The Morgan fingerprint density at radius 2 is 1.89 bits per heavy atom. The van der Waals surface area contributed by atoms with Gasteiger partial charge in [0.25, 0.3) is 0 Å². The van der Waals surface area contributed by atoms with Crippen LogP contribution in [0.2, 0.25) is 0 Å². The number of hydrogen-bond acceptors (Lipinski definition) is 6. The molecule has 0 aliphatic carbocycles. The molecule has 0 unspecified atom stereocenters. The van der Waals surface area contributed by atoms with Crippen LogP contribution in [0, 0.1) is 0 Å². The Morgan fingerprint density at radius 1 is 1.15 bits per heavy atom. The number of furan rings is 1. The van der Waals surface area contributed by atoms with Crippen LogP contribution in [0.15, 0.2) is 64.3 Å². The van der Waals surface area contributed by atoms with Crippen molar-refractivity contribution < 1.29 is 32.6 Å². The predicted molar refractivity (Wildman–Crippen MR) is 96.7 cm³/mol. The van der Waals surface area contributed by atoms with Crippen LogP contribution in [0.3, 0.4) is 0 Å². The van der Waals surface area contributed by atoms with Gasteiger partial charge in [-0.2, -0.15) is 0 Å². The van der Waals surface area contributed by atoms with Gasteiger partial charge in [0.1, 0.15) is 22.0 Å². The molecule has 0 saturated heterocycles. The first kappa shape index (κ1) is 18.5. The quantitative estimate of drug-likeness (QED) is 0.666. The van der Waals surface area contributed by atoms with Gasteiger partial charge in [0.2, 0.25) is 0 Å². The number of hydrogen-bond donors (Lipinski definition) is 2. The molecule has 3 rings (SSSR count). The largest absolute Gasteiger partial charge is 0.507 e.